The molecule has 0 saturated carbocycles. The van der Waals surface area contributed by atoms with Gasteiger partial charge in [0, 0.05) is 22.3 Å². The lowest BCUT2D eigenvalue weighted by Gasteiger charge is -2.30. The Morgan fingerprint density at radius 2 is 1.63 bits per heavy atom. The van der Waals surface area contributed by atoms with Gasteiger partial charge in [-0.05, 0) is 23.8 Å². The van der Waals surface area contributed by atoms with E-state index in [-0.39, 0.29) is 22.5 Å². The van der Waals surface area contributed by atoms with Gasteiger partial charge >= 0.3 is 0 Å². The first-order valence-electron chi connectivity index (χ1n) is 9.44. The van der Waals surface area contributed by atoms with Crippen molar-refractivity contribution in [3.63, 3.8) is 0 Å². The normalized spacial score (nSPS) is 20.3. The molecule has 1 aliphatic carbocycles. The number of amides is 2. The van der Waals surface area contributed by atoms with Crippen LogP contribution in [-0.4, -0.2) is 28.8 Å². The molecule has 0 radical (unpaired) electrons. The average Bonchev–Trinajstić information content (AvgIpc) is 2.77. The van der Waals surface area contributed by atoms with E-state index in [1.807, 2.05) is 0 Å². The van der Waals surface area contributed by atoms with E-state index in [4.69, 9.17) is 0 Å². The number of hydrogen-bond acceptors (Lipinski definition) is 4. The number of anilines is 1. The summed E-state index contributed by atoms with van der Waals surface area (Å²) in [5.41, 5.74) is 1.62. The van der Waals surface area contributed by atoms with E-state index < -0.39 is 23.8 Å². The molecule has 2 aliphatic rings. The van der Waals surface area contributed by atoms with Crippen molar-refractivity contribution >= 4 is 34.4 Å². The quantitative estimate of drug-likeness (QED) is 0.632. The smallest absolute Gasteiger partial charge is 0.265 e. The number of carbonyl (C=O) groups is 3. The number of para-hydroxylation sites is 1. The molecule has 30 heavy (non-hydrogen) atoms. The van der Waals surface area contributed by atoms with Crippen molar-refractivity contribution in [2.45, 2.75) is 6.10 Å². The van der Waals surface area contributed by atoms with Gasteiger partial charge < -0.3 is 5.11 Å². The SMILES string of the molecule is C=C(C(=O)C1C=CC=CC1O)c1cccc2c1C(=C)C(=O)N(c1ccccc1)C2=O. The molecular weight excluding hydrogens is 378 g/mol. The molecule has 1 N–H and O–H groups in total. The van der Waals surface area contributed by atoms with Gasteiger partial charge in [0.2, 0.25) is 0 Å². The fourth-order valence-electron chi connectivity index (χ4n) is 3.75. The van der Waals surface area contributed by atoms with Crippen LogP contribution in [0.2, 0.25) is 0 Å². The van der Waals surface area contributed by atoms with E-state index in [1.54, 1.807) is 66.8 Å². The largest absolute Gasteiger partial charge is 0.388 e. The molecule has 4 rings (SSSR count). The summed E-state index contributed by atoms with van der Waals surface area (Å²) >= 11 is 0. The highest BCUT2D eigenvalue weighted by Crippen LogP contribution is 2.36. The highest BCUT2D eigenvalue weighted by atomic mass is 16.3. The Kier molecular flexibility index (Phi) is 4.90. The van der Waals surface area contributed by atoms with Crippen molar-refractivity contribution in [2.24, 2.45) is 5.92 Å². The molecule has 5 nitrogen and oxygen atoms in total. The van der Waals surface area contributed by atoms with Crippen LogP contribution >= 0.6 is 0 Å². The predicted octanol–water partition coefficient (Wildman–Crippen LogP) is 3.57. The molecule has 1 aliphatic heterocycles. The summed E-state index contributed by atoms with van der Waals surface area (Å²) in [5, 5.41) is 10.1. The fraction of sp³-hybridized carbons (Fsp3) is 0.0800. The van der Waals surface area contributed by atoms with E-state index in [1.165, 1.54) is 6.08 Å². The number of imide groups is 1. The summed E-state index contributed by atoms with van der Waals surface area (Å²) in [4.78, 5) is 40.3. The van der Waals surface area contributed by atoms with Crippen LogP contribution in [0.5, 0.6) is 0 Å². The molecule has 2 aromatic rings. The molecule has 148 valence electrons. The van der Waals surface area contributed by atoms with Crippen molar-refractivity contribution in [3.05, 3.63) is 103 Å². The highest BCUT2D eigenvalue weighted by Gasteiger charge is 2.37. The van der Waals surface area contributed by atoms with Gasteiger partial charge in [0.25, 0.3) is 11.8 Å². The van der Waals surface area contributed by atoms with E-state index in [2.05, 4.69) is 13.2 Å². The minimum absolute atomic E-state index is 0.109. The molecule has 2 atom stereocenters. The van der Waals surface area contributed by atoms with Crippen LogP contribution in [0.3, 0.4) is 0 Å². The van der Waals surface area contributed by atoms with Gasteiger partial charge in [0.1, 0.15) is 0 Å². The molecule has 2 amide bonds. The van der Waals surface area contributed by atoms with E-state index in [9.17, 15) is 19.5 Å². The Labute approximate surface area is 174 Å². The Morgan fingerprint density at radius 1 is 0.933 bits per heavy atom. The van der Waals surface area contributed by atoms with Crippen LogP contribution in [0.1, 0.15) is 21.5 Å². The number of benzene rings is 2. The number of aliphatic hydroxyl groups is 1. The summed E-state index contributed by atoms with van der Waals surface area (Å²) in [6.45, 7) is 7.81. The van der Waals surface area contributed by atoms with E-state index in [0.717, 1.165) is 4.90 Å². The Balaban J connectivity index is 1.77. The van der Waals surface area contributed by atoms with Gasteiger partial charge in [-0.25, -0.2) is 4.90 Å². The summed E-state index contributed by atoms with van der Waals surface area (Å²) in [7, 11) is 0. The first-order chi connectivity index (χ1) is 14.4. The zero-order valence-corrected chi connectivity index (χ0v) is 16.1. The molecule has 2 unspecified atom stereocenters. The minimum Gasteiger partial charge on any atom is -0.388 e. The molecule has 1 heterocycles. The van der Waals surface area contributed by atoms with Crippen molar-refractivity contribution in [1.29, 1.82) is 0 Å². The molecule has 0 saturated heterocycles. The van der Waals surface area contributed by atoms with Crippen LogP contribution in [0.4, 0.5) is 5.69 Å². The minimum atomic E-state index is -0.959. The van der Waals surface area contributed by atoms with Crippen LogP contribution in [-0.2, 0) is 9.59 Å². The number of aliphatic hydroxyl groups excluding tert-OH is 1. The van der Waals surface area contributed by atoms with E-state index in [0.29, 0.717) is 16.8 Å². The Hall–Kier alpha value is -3.83. The van der Waals surface area contributed by atoms with Crippen molar-refractivity contribution in [3.8, 4) is 0 Å². The average molecular weight is 397 g/mol. The molecule has 0 bridgehead atoms. The molecule has 0 spiro atoms. The van der Waals surface area contributed by atoms with Gasteiger partial charge in [-0.1, -0.05) is 67.8 Å². The summed E-state index contributed by atoms with van der Waals surface area (Å²) in [6.07, 6.45) is 5.53. The molecular formula is C25H19NO4. The number of fused-ring (bicyclic) bond motifs is 1. The molecule has 0 aromatic heterocycles. The molecule has 5 heteroatoms. The fourth-order valence-corrected chi connectivity index (χ4v) is 3.75. The van der Waals surface area contributed by atoms with Crippen LogP contribution < -0.4 is 4.90 Å². The first kappa shape index (κ1) is 19.5. The second-order valence-electron chi connectivity index (χ2n) is 7.12. The second kappa shape index (κ2) is 7.54. The number of carbonyl (C=O) groups excluding carboxylic acids is 3. The van der Waals surface area contributed by atoms with Crippen molar-refractivity contribution < 1.29 is 19.5 Å². The maximum atomic E-state index is 13.2. The monoisotopic (exact) mass is 397 g/mol. The third-order valence-electron chi connectivity index (χ3n) is 5.31. The van der Waals surface area contributed by atoms with Crippen molar-refractivity contribution in [1.82, 2.24) is 0 Å². The van der Waals surface area contributed by atoms with Crippen LogP contribution in [0, 0.1) is 5.92 Å². The number of nitrogens with zero attached hydrogens (tertiary/aromatic N) is 1. The maximum absolute atomic E-state index is 13.2. The number of rotatable bonds is 4. The predicted molar refractivity (Wildman–Crippen MR) is 116 cm³/mol. The topological polar surface area (TPSA) is 74.7 Å². The lowest BCUT2D eigenvalue weighted by atomic mass is 9.82. The summed E-state index contributed by atoms with van der Waals surface area (Å²) < 4.78 is 0. The Bertz CT molecular complexity index is 1160. The number of ketones is 1. The Morgan fingerprint density at radius 3 is 2.33 bits per heavy atom. The van der Waals surface area contributed by atoms with Gasteiger partial charge in [0.05, 0.1) is 17.7 Å². The van der Waals surface area contributed by atoms with Gasteiger partial charge in [-0.2, -0.15) is 0 Å². The third-order valence-corrected chi connectivity index (χ3v) is 5.31. The number of allylic oxidation sites excluding steroid dienone is 3. The molecule has 0 fully saturated rings. The van der Waals surface area contributed by atoms with E-state index >= 15 is 0 Å². The first-order valence-corrected chi connectivity index (χ1v) is 9.44. The molecule has 2 aromatic carbocycles. The van der Waals surface area contributed by atoms with Crippen molar-refractivity contribution in [2.75, 3.05) is 4.90 Å². The van der Waals surface area contributed by atoms with Crippen LogP contribution in [0.25, 0.3) is 11.1 Å². The third kappa shape index (κ3) is 3.06. The number of hydrogen-bond donors (Lipinski definition) is 1. The zero-order valence-electron chi connectivity index (χ0n) is 16.1. The van der Waals surface area contributed by atoms with Gasteiger partial charge in [-0.15, -0.1) is 0 Å². The number of Topliss-reactive ketones (excluding diaryl/α,β-unsaturated/α-hetero) is 1. The lowest BCUT2D eigenvalue weighted by Crippen LogP contribution is -2.42. The van der Waals surface area contributed by atoms with Gasteiger partial charge in [-0.3, -0.25) is 14.4 Å². The summed E-state index contributed by atoms with van der Waals surface area (Å²) in [6, 6.07) is 13.5. The standard InChI is InChI=1S/C25H19NO4/c1-15(23(28)19-11-6-7-14-21(19)27)18-12-8-13-20-22(18)16(2)24(29)26(25(20)30)17-9-4-3-5-10-17/h3-14,19,21,27H,1-2H2. The second-order valence-corrected chi connectivity index (χ2v) is 7.12. The van der Waals surface area contributed by atoms with Crippen LogP contribution in [0.15, 0.2) is 86.0 Å². The highest BCUT2D eigenvalue weighted by molar-refractivity contribution is 6.42. The maximum Gasteiger partial charge on any atom is 0.265 e. The zero-order chi connectivity index (χ0) is 21.4. The van der Waals surface area contributed by atoms with Gasteiger partial charge in [0.15, 0.2) is 5.78 Å². The lowest BCUT2D eigenvalue weighted by molar-refractivity contribution is -0.118. The summed E-state index contributed by atoms with van der Waals surface area (Å²) in [5.74, 6) is -2.19.